The molecule has 0 aromatic carbocycles. The number of hydrogen-bond acceptors (Lipinski definition) is 7. The minimum Gasteiger partial charge on any atom is -0.388 e. The SMILES string of the molecule is N=C(N)/C=C\C1CC2CCCCCCCC(C3OC(COP(=O)(O)O)C(O)C3O)(C1)NC2=O. The van der Waals surface area contributed by atoms with Gasteiger partial charge in [0, 0.05) is 5.92 Å². The van der Waals surface area contributed by atoms with Gasteiger partial charge in [0.25, 0.3) is 0 Å². The standard InChI is InChI=1S/C21H36N3O8P/c22-16(23)8-7-13-10-14-6-4-2-1-3-5-9-21(11-13,24-20(14)27)19-18(26)17(25)15(32-19)12-31-33(28,29)30/h7-8,13-15,17-19,25-26H,1-6,9-12H2,(H3,22,23)(H,24,27)(H2,28,29,30)/b8-7-. The number of nitrogens with one attached hydrogen (secondary N) is 2. The van der Waals surface area contributed by atoms with Crippen molar-refractivity contribution in [3.05, 3.63) is 12.2 Å². The number of nitrogens with two attached hydrogens (primary N) is 1. The van der Waals surface area contributed by atoms with E-state index in [1.54, 1.807) is 0 Å². The molecule has 3 aliphatic heterocycles. The van der Waals surface area contributed by atoms with Crippen LogP contribution in [0.15, 0.2) is 12.2 Å². The summed E-state index contributed by atoms with van der Waals surface area (Å²) in [6, 6.07) is 0. The molecule has 0 aromatic rings. The fourth-order valence-electron chi connectivity index (χ4n) is 5.43. The molecule has 8 N–H and O–H groups in total. The predicted molar refractivity (Wildman–Crippen MR) is 119 cm³/mol. The third-order valence-electron chi connectivity index (χ3n) is 6.99. The van der Waals surface area contributed by atoms with Crippen molar-refractivity contribution in [2.75, 3.05) is 6.61 Å². The van der Waals surface area contributed by atoms with Crippen LogP contribution in [-0.2, 0) is 18.6 Å². The Morgan fingerprint density at radius 3 is 2.64 bits per heavy atom. The molecule has 0 saturated carbocycles. The summed E-state index contributed by atoms with van der Waals surface area (Å²) >= 11 is 0. The summed E-state index contributed by atoms with van der Waals surface area (Å²) in [4.78, 5) is 31.3. The number of aliphatic hydroxyl groups excluding tert-OH is 2. The van der Waals surface area contributed by atoms with Crippen LogP contribution in [0, 0.1) is 17.2 Å². The lowest BCUT2D eigenvalue weighted by atomic mass is 9.76. The van der Waals surface area contributed by atoms with Crippen LogP contribution in [0.25, 0.3) is 0 Å². The molecule has 7 unspecified atom stereocenters. The molecule has 0 spiro atoms. The van der Waals surface area contributed by atoms with E-state index in [1.807, 2.05) is 6.08 Å². The first-order valence-electron chi connectivity index (χ1n) is 11.6. The maximum absolute atomic E-state index is 13.3. The fraction of sp³-hybridized carbons (Fsp3) is 0.810. The molecular weight excluding hydrogens is 453 g/mol. The zero-order valence-corrected chi connectivity index (χ0v) is 19.5. The minimum atomic E-state index is -4.79. The summed E-state index contributed by atoms with van der Waals surface area (Å²) in [5, 5.41) is 32.1. The van der Waals surface area contributed by atoms with E-state index in [9.17, 15) is 19.6 Å². The van der Waals surface area contributed by atoms with E-state index in [0.717, 1.165) is 38.5 Å². The van der Waals surface area contributed by atoms with E-state index in [-0.39, 0.29) is 23.6 Å². The lowest BCUT2D eigenvalue weighted by Crippen LogP contribution is -2.60. The van der Waals surface area contributed by atoms with Crippen LogP contribution < -0.4 is 11.1 Å². The smallest absolute Gasteiger partial charge is 0.388 e. The second-order valence-corrected chi connectivity index (χ2v) is 10.8. The van der Waals surface area contributed by atoms with Crippen LogP contribution in [0.1, 0.15) is 57.8 Å². The van der Waals surface area contributed by atoms with Gasteiger partial charge < -0.3 is 35.8 Å². The molecule has 188 valence electrons. The molecule has 0 aliphatic carbocycles. The topological polar surface area (TPSA) is 195 Å². The Labute approximate surface area is 193 Å². The van der Waals surface area contributed by atoms with Crippen molar-refractivity contribution in [1.29, 1.82) is 5.41 Å². The number of allylic oxidation sites excluding steroid dienone is 1. The number of amides is 1. The summed E-state index contributed by atoms with van der Waals surface area (Å²) in [5.74, 6) is -0.570. The molecule has 3 aliphatic rings. The van der Waals surface area contributed by atoms with Gasteiger partial charge in [-0.1, -0.05) is 38.2 Å². The van der Waals surface area contributed by atoms with Crippen molar-refractivity contribution in [1.82, 2.24) is 5.32 Å². The zero-order valence-electron chi connectivity index (χ0n) is 18.6. The van der Waals surface area contributed by atoms with Gasteiger partial charge in [0.15, 0.2) is 0 Å². The fourth-order valence-corrected chi connectivity index (χ4v) is 5.77. The molecule has 3 saturated heterocycles. The lowest BCUT2D eigenvalue weighted by molar-refractivity contribution is -0.130. The average Bonchev–Trinajstić information content (AvgIpc) is 2.91. The molecular formula is C21H36N3O8P. The Morgan fingerprint density at radius 2 is 1.94 bits per heavy atom. The predicted octanol–water partition coefficient (Wildman–Crippen LogP) is 0.703. The van der Waals surface area contributed by atoms with E-state index in [4.69, 9.17) is 25.7 Å². The maximum atomic E-state index is 13.3. The largest absolute Gasteiger partial charge is 0.469 e. The van der Waals surface area contributed by atoms with Crippen LogP contribution in [0.3, 0.4) is 0 Å². The molecule has 2 bridgehead atoms. The van der Waals surface area contributed by atoms with E-state index < -0.39 is 44.4 Å². The Balaban J connectivity index is 1.93. The van der Waals surface area contributed by atoms with Gasteiger partial charge in [-0.3, -0.25) is 14.7 Å². The molecule has 0 aromatic heterocycles. The quantitative estimate of drug-likeness (QED) is 0.160. The van der Waals surface area contributed by atoms with Gasteiger partial charge >= 0.3 is 7.82 Å². The third kappa shape index (κ3) is 6.85. The molecule has 3 heterocycles. The van der Waals surface area contributed by atoms with Crippen molar-refractivity contribution in [2.24, 2.45) is 17.6 Å². The van der Waals surface area contributed by atoms with E-state index in [1.165, 1.54) is 6.08 Å². The summed E-state index contributed by atoms with van der Waals surface area (Å²) < 4.78 is 21.6. The van der Waals surface area contributed by atoms with E-state index in [0.29, 0.717) is 19.3 Å². The molecule has 0 radical (unpaired) electrons. The highest BCUT2D eigenvalue weighted by atomic mass is 31.2. The van der Waals surface area contributed by atoms with Gasteiger partial charge in [0.2, 0.25) is 5.91 Å². The van der Waals surface area contributed by atoms with E-state index >= 15 is 0 Å². The van der Waals surface area contributed by atoms with Gasteiger partial charge in [-0.25, -0.2) is 4.57 Å². The summed E-state index contributed by atoms with van der Waals surface area (Å²) in [7, 11) is -4.79. The number of phosphoric acid groups is 1. The van der Waals surface area contributed by atoms with E-state index in [2.05, 4.69) is 9.84 Å². The van der Waals surface area contributed by atoms with Gasteiger partial charge in [-0.15, -0.1) is 0 Å². The Kier molecular flexibility index (Phi) is 8.71. The van der Waals surface area contributed by atoms with Crippen molar-refractivity contribution in [3.63, 3.8) is 0 Å². The third-order valence-corrected chi connectivity index (χ3v) is 7.48. The molecule has 33 heavy (non-hydrogen) atoms. The Morgan fingerprint density at radius 1 is 1.24 bits per heavy atom. The first-order valence-corrected chi connectivity index (χ1v) is 13.1. The highest BCUT2D eigenvalue weighted by molar-refractivity contribution is 7.46. The number of amidine groups is 1. The van der Waals surface area contributed by atoms with Gasteiger partial charge in [0.05, 0.1) is 12.1 Å². The lowest BCUT2D eigenvalue weighted by Gasteiger charge is -2.41. The molecule has 11 nitrogen and oxygen atoms in total. The van der Waals surface area contributed by atoms with Crippen LogP contribution in [-0.4, -0.2) is 68.3 Å². The first-order chi connectivity index (χ1) is 15.5. The number of rotatable bonds is 6. The number of fused-ring (bicyclic) bond motifs is 3. The molecule has 7 atom stereocenters. The first kappa shape index (κ1) is 26.3. The van der Waals surface area contributed by atoms with Crippen molar-refractivity contribution in [3.8, 4) is 0 Å². The van der Waals surface area contributed by atoms with Crippen LogP contribution in [0.2, 0.25) is 0 Å². The van der Waals surface area contributed by atoms with Crippen molar-refractivity contribution >= 4 is 19.6 Å². The minimum absolute atomic E-state index is 0.0935. The zero-order chi connectivity index (χ0) is 24.2. The Hall–Kier alpha value is -1.33. The Bertz CT molecular complexity index is 789. The monoisotopic (exact) mass is 489 g/mol. The molecule has 12 heteroatoms. The normalized spacial score (nSPS) is 38.6. The summed E-state index contributed by atoms with van der Waals surface area (Å²) in [6.07, 6.45) is 5.35. The highest BCUT2D eigenvalue weighted by Gasteiger charge is 2.55. The second-order valence-electron chi connectivity index (χ2n) is 9.53. The van der Waals surface area contributed by atoms with Crippen LogP contribution in [0.5, 0.6) is 0 Å². The van der Waals surface area contributed by atoms with Crippen LogP contribution >= 0.6 is 7.82 Å². The van der Waals surface area contributed by atoms with Gasteiger partial charge in [0.1, 0.15) is 30.3 Å². The number of aliphatic hydroxyl groups is 2. The number of carbonyl (C=O) groups excluding carboxylic acids is 1. The van der Waals surface area contributed by atoms with Gasteiger partial charge in [-0.05, 0) is 37.7 Å². The van der Waals surface area contributed by atoms with Gasteiger partial charge in [-0.2, -0.15) is 0 Å². The van der Waals surface area contributed by atoms with Crippen molar-refractivity contribution < 1.29 is 38.6 Å². The second kappa shape index (κ2) is 10.9. The summed E-state index contributed by atoms with van der Waals surface area (Å²) in [5.41, 5.74) is 4.51. The number of hydrogen-bond donors (Lipinski definition) is 7. The van der Waals surface area contributed by atoms with Crippen molar-refractivity contribution in [2.45, 2.75) is 87.7 Å². The number of ether oxygens (including phenoxy) is 1. The van der Waals surface area contributed by atoms with Crippen LogP contribution in [0.4, 0.5) is 0 Å². The average molecular weight is 490 g/mol. The number of phosphoric ester groups is 1. The number of carbonyl (C=O) groups is 1. The molecule has 3 fully saturated rings. The summed E-state index contributed by atoms with van der Waals surface area (Å²) in [6.45, 7) is -0.598. The maximum Gasteiger partial charge on any atom is 0.469 e. The molecule has 1 amide bonds. The highest BCUT2D eigenvalue weighted by Crippen LogP contribution is 2.43. The molecule has 3 rings (SSSR count).